The van der Waals surface area contributed by atoms with Gasteiger partial charge in [-0.15, -0.1) is 0 Å². The number of furan rings is 1. The maximum atomic E-state index is 13.1. The van der Waals surface area contributed by atoms with Gasteiger partial charge in [0.1, 0.15) is 5.58 Å². The topological polar surface area (TPSA) is 105 Å². The maximum absolute atomic E-state index is 13.1. The molecule has 5 rings (SSSR count). The predicted molar refractivity (Wildman–Crippen MR) is 133 cm³/mol. The third kappa shape index (κ3) is 4.33. The molecule has 4 aromatic carbocycles. The van der Waals surface area contributed by atoms with Gasteiger partial charge < -0.3 is 4.42 Å². The summed E-state index contributed by atoms with van der Waals surface area (Å²) in [5, 5.41) is 2.18. The highest BCUT2D eigenvalue weighted by molar-refractivity contribution is 7.93. The van der Waals surface area contributed by atoms with Gasteiger partial charge in [-0.1, -0.05) is 60.1 Å². The van der Waals surface area contributed by atoms with E-state index in [1.807, 2.05) is 24.3 Å². The summed E-state index contributed by atoms with van der Waals surface area (Å²) in [5.74, 6) is 0. The van der Waals surface area contributed by atoms with E-state index in [4.69, 9.17) is 16.0 Å². The molecule has 0 saturated heterocycles. The van der Waals surface area contributed by atoms with Crippen LogP contribution in [-0.2, 0) is 20.0 Å². The Balaban J connectivity index is 1.49. The average molecular weight is 513 g/mol. The number of hydrogen-bond acceptors (Lipinski definition) is 5. The smallest absolute Gasteiger partial charge is 0.295 e. The molecular weight excluding hydrogens is 496 g/mol. The summed E-state index contributed by atoms with van der Waals surface area (Å²) in [5.41, 5.74) is 0.376. The molecule has 0 aliphatic rings. The number of rotatable bonds is 6. The molecule has 0 aliphatic heterocycles. The Bertz CT molecular complexity index is 1730. The van der Waals surface area contributed by atoms with Crippen LogP contribution in [0.4, 0.5) is 11.4 Å². The van der Waals surface area contributed by atoms with E-state index in [-0.39, 0.29) is 26.4 Å². The summed E-state index contributed by atoms with van der Waals surface area (Å²) in [6, 6.07) is 24.5. The fraction of sp³-hybridized carbons (Fsp3) is 0. The quantitative estimate of drug-likeness (QED) is 0.297. The van der Waals surface area contributed by atoms with Crippen molar-refractivity contribution in [2.45, 2.75) is 9.99 Å². The molecule has 10 heteroatoms. The third-order valence-electron chi connectivity index (χ3n) is 5.17. The van der Waals surface area contributed by atoms with Crippen molar-refractivity contribution in [1.29, 1.82) is 0 Å². The second-order valence-electron chi connectivity index (χ2n) is 7.51. The number of benzene rings is 4. The number of nitrogens with one attached hydrogen (secondary N) is 2. The predicted octanol–water partition coefficient (Wildman–Crippen LogP) is 5.84. The largest absolute Gasteiger partial charge is 0.443 e. The molecule has 0 fully saturated rings. The van der Waals surface area contributed by atoms with Crippen molar-refractivity contribution in [3.63, 3.8) is 0 Å². The summed E-state index contributed by atoms with van der Waals surface area (Å²) in [7, 11) is -8.21. The second kappa shape index (κ2) is 8.35. The van der Waals surface area contributed by atoms with Gasteiger partial charge in [0.2, 0.25) is 5.09 Å². The first-order valence-corrected chi connectivity index (χ1v) is 13.4. The van der Waals surface area contributed by atoms with E-state index in [1.165, 1.54) is 30.3 Å². The SMILES string of the molecule is O=S(=O)(Nc1ccc(Cl)cc1NS(=O)(=O)c1cc2ccccc2o1)c1ccc2ccccc2c1. The van der Waals surface area contributed by atoms with Crippen LogP contribution in [0.2, 0.25) is 5.02 Å². The fourth-order valence-corrected chi connectivity index (χ4v) is 5.84. The van der Waals surface area contributed by atoms with Gasteiger partial charge in [-0.25, -0.2) is 8.42 Å². The zero-order valence-electron chi connectivity index (χ0n) is 17.4. The van der Waals surface area contributed by atoms with Gasteiger partial charge in [-0.05, 0) is 47.2 Å². The first-order valence-electron chi connectivity index (χ1n) is 10.0. The number of hydrogen-bond donors (Lipinski definition) is 2. The molecule has 0 radical (unpaired) electrons. The highest BCUT2D eigenvalue weighted by Gasteiger charge is 2.23. The van der Waals surface area contributed by atoms with Crippen molar-refractivity contribution in [2.24, 2.45) is 0 Å². The highest BCUT2D eigenvalue weighted by atomic mass is 35.5. The highest BCUT2D eigenvalue weighted by Crippen LogP contribution is 2.32. The molecule has 0 spiro atoms. The number of anilines is 2. The van der Waals surface area contributed by atoms with Crippen LogP contribution in [0.1, 0.15) is 0 Å². The standard InChI is InChI=1S/C24H17ClN2O5S2/c25-19-10-12-21(26-33(28,29)20-11-9-16-5-1-2-6-17(16)13-20)22(15-19)27-34(30,31)24-14-18-7-3-4-8-23(18)32-24/h1-15,26-27H. The molecule has 1 heterocycles. The Morgan fingerprint density at radius 1 is 0.618 bits per heavy atom. The van der Waals surface area contributed by atoms with Crippen LogP contribution in [0.3, 0.4) is 0 Å². The molecule has 0 amide bonds. The van der Waals surface area contributed by atoms with E-state index in [0.29, 0.717) is 11.0 Å². The van der Waals surface area contributed by atoms with Gasteiger partial charge in [0.25, 0.3) is 20.0 Å². The Labute approximate surface area is 201 Å². The van der Waals surface area contributed by atoms with Gasteiger partial charge in [0, 0.05) is 16.5 Å². The van der Waals surface area contributed by atoms with Crippen molar-refractivity contribution in [3.05, 3.63) is 96.0 Å². The molecule has 0 saturated carbocycles. The lowest BCUT2D eigenvalue weighted by Crippen LogP contribution is -2.17. The molecule has 0 atom stereocenters. The Morgan fingerprint density at radius 2 is 1.29 bits per heavy atom. The van der Waals surface area contributed by atoms with Gasteiger partial charge in [-0.3, -0.25) is 9.44 Å². The van der Waals surface area contributed by atoms with Crippen LogP contribution in [0.25, 0.3) is 21.7 Å². The lowest BCUT2D eigenvalue weighted by atomic mass is 10.1. The summed E-state index contributed by atoms with van der Waals surface area (Å²) >= 11 is 6.07. The van der Waals surface area contributed by atoms with E-state index in [2.05, 4.69) is 9.44 Å². The Hall–Kier alpha value is -3.53. The monoisotopic (exact) mass is 512 g/mol. The minimum Gasteiger partial charge on any atom is -0.443 e. The van der Waals surface area contributed by atoms with E-state index >= 15 is 0 Å². The Kier molecular flexibility index (Phi) is 5.47. The summed E-state index contributed by atoms with van der Waals surface area (Å²) in [6.45, 7) is 0. The van der Waals surface area contributed by atoms with Crippen molar-refractivity contribution in [1.82, 2.24) is 0 Å². The molecular formula is C24H17ClN2O5S2. The van der Waals surface area contributed by atoms with Crippen molar-refractivity contribution in [3.8, 4) is 0 Å². The summed E-state index contributed by atoms with van der Waals surface area (Å²) in [6.07, 6.45) is 0. The van der Waals surface area contributed by atoms with E-state index < -0.39 is 20.0 Å². The number of halogens is 1. The van der Waals surface area contributed by atoms with Crippen molar-refractivity contribution in [2.75, 3.05) is 9.44 Å². The van der Waals surface area contributed by atoms with Gasteiger partial charge >= 0.3 is 0 Å². The zero-order chi connectivity index (χ0) is 23.9. The van der Waals surface area contributed by atoms with Crippen LogP contribution in [0.5, 0.6) is 0 Å². The van der Waals surface area contributed by atoms with Crippen LogP contribution in [0, 0.1) is 0 Å². The maximum Gasteiger partial charge on any atom is 0.295 e. The number of fused-ring (bicyclic) bond motifs is 2. The van der Waals surface area contributed by atoms with Crippen LogP contribution in [0.15, 0.2) is 105 Å². The van der Waals surface area contributed by atoms with Gasteiger partial charge in [-0.2, -0.15) is 8.42 Å². The molecule has 1 aromatic heterocycles. The molecule has 7 nitrogen and oxygen atoms in total. The molecule has 172 valence electrons. The first-order chi connectivity index (χ1) is 16.2. The van der Waals surface area contributed by atoms with Crippen molar-refractivity contribution >= 4 is 64.8 Å². The molecule has 0 aliphatic carbocycles. The molecule has 5 aromatic rings. The minimum absolute atomic E-state index is 0.0113. The Morgan fingerprint density at radius 3 is 2.06 bits per heavy atom. The van der Waals surface area contributed by atoms with E-state index in [9.17, 15) is 16.8 Å². The third-order valence-corrected chi connectivity index (χ3v) is 7.99. The normalized spacial score (nSPS) is 12.1. The van der Waals surface area contributed by atoms with E-state index in [0.717, 1.165) is 10.8 Å². The minimum atomic E-state index is -4.17. The zero-order valence-corrected chi connectivity index (χ0v) is 19.8. The molecule has 0 unspecified atom stereocenters. The lowest BCUT2D eigenvalue weighted by Gasteiger charge is -2.14. The van der Waals surface area contributed by atoms with E-state index in [1.54, 1.807) is 36.4 Å². The van der Waals surface area contributed by atoms with Crippen LogP contribution >= 0.6 is 11.6 Å². The van der Waals surface area contributed by atoms with Gasteiger partial charge in [0.15, 0.2) is 0 Å². The van der Waals surface area contributed by atoms with Crippen LogP contribution in [-0.4, -0.2) is 16.8 Å². The van der Waals surface area contributed by atoms with Crippen LogP contribution < -0.4 is 9.44 Å². The van der Waals surface area contributed by atoms with Gasteiger partial charge in [0.05, 0.1) is 16.3 Å². The first kappa shape index (κ1) is 22.3. The number of para-hydroxylation sites is 1. The fourth-order valence-electron chi connectivity index (χ4n) is 3.51. The molecule has 0 bridgehead atoms. The average Bonchev–Trinajstić information content (AvgIpc) is 3.26. The lowest BCUT2D eigenvalue weighted by molar-refractivity contribution is 0.484. The summed E-state index contributed by atoms with van der Waals surface area (Å²) < 4.78 is 62.5. The molecule has 2 N–H and O–H groups in total. The van der Waals surface area contributed by atoms with Crippen molar-refractivity contribution < 1.29 is 21.3 Å². The second-order valence-corrected chi connectivity index (χ2v) is 11.2. The number of sulfonamides is 2. The summed E-state index contributed by atoms with van der Waals surface area (Å²) in [4.78, 5) is 0.0345. The molecule has 34 heavy (non-hydrogen) atoms.